The fraction of sp³-hybridized carbons (Fsp3) is 0.667. The molecule has 158 valence electrons. The summed E-state index contributed by atoms with van der Waals surface area (Å²) in [5.41, 5.74) is 1.18. The van der Waals surface area contributed by atoms with E-state index in [4.69, 9.17) is 4.74 Å². The van der Waals surface area contributed by atoms with Crippen LogP contribution < -0.4 is 15.0 Å². The minimum atomic E-state index is 0. The van der Waals surface area contributed by atoms with E-state index >= 15 is 0 Å². The normalized spacial score (nSPS) is 20.8. The summed E-state index contributed by atoms with van der Waals surface area (Å²) in [5.74, 6) is 2.73. The zero-order valence-corrected chi connectivity index (χ0v) is 19.9. The van der Waals surface area contributed by atoms with Crippen LogP contribution in [0.3, 0.4) is 0 Å². The molecule has 3 rings (SSSR count). The van der Waals surface area contributed by atoms with Crippen LogP contribution in [0.4, 0.5) is 5.69 Å². The van der Waals surface area contributed by atoms with Crippen LogP contribution in [0.25, 0.3) is 0 Å². The van der Waals surface area contributed by atoms with Gasteiger partial charge in [0.1, 0.15) is 5.75 Å². The van der Waals surface area contributed by atoms with Crippen LogP contribution in [-0.2, 0) is 0 Å². The lowest BCUT2D eigenvalue weighted by Crippen LogP contribution is -2.53. The molecule has 0 saturated carbocycles. The molecule has 2 fully saturated rings. The second kappa shape index (κ2) is 11.7. The van der Waals surface area contributed by atoms with Gasteiger partial charge in [-0.3, -0.25) is 4.99 Å². The van der Waals surface area contributed by atoms with Crippen molar-refractivity contribution >= 4 is 35.6 Å². The number of para-hydroxylation sites is 2. The van der Waals surface area contributed by atoms with Crippen LogP contribution in [0.15, 0.2) is 29.3 Å². The van der Waals surface area contributed by atoms with Gasteiger partial charge in [0, 0.05) is 46.3 Å². The standard InChI is InChI=1S/C21H35N5O.HI/c1-4-10-24-11-9-18(17-24)16-23-21(22-2)26-14-12-25(13-15-26)19-7-5-6-8-20(19)27-3;/h5-8,18H,4,9-17H2,1-3H3,(H,22,23);1H. The number of ether oxygens (including phenoxy) is 1. The smallest absolute Gasteiger partial charge is 0.193 e. The molecule has 1 unspecified atom stereocenters. The summed E-state index contributed by atoms with van der Waals surface area (Å²) in [7, 11) is 3.64. The number of aliphatic imine (C=N–C) groups is 1. The van der Waals surface area contributed by atoms with E-state index in [1.54, 1.807) is 7.11 Å². The van der Waals surface area contributed by atoms with E-state index in [9.17, 15) is 0 Å². The SMILES string of the molecule is CCCN1CCC(CNC(=NC)N2CCN(c3ccccc3OC)CC2)C1.I. The number of nitrogens with one attached hydrogen (secondary N) is 1. The highest BCUT2D eigenvalue weighted by Crippen LogP contribution is 2.28. The quantitative estimate of drug-likeness (QED) is 0.369. The zero-order chi connectivity index (χ0) is 19.1. The molecular formula is C21H36IN5O. The maximum absolute atomic E-state index is 5.52. The number of hydrogen-bond donors (Lipinski definition) is 1. The third-order valence-corrected chi connectivity index (χ3v) is 5.68. The Labute approximate surface area is 187 Å². The molecule has 0 bridgehead atoms. The molecule has 0 aromatic heterocycles. The number of likely N-dealkylation sites (tertiary alicyclic amines) is 1. The monoisotopic (exact) mass is 501 g/mol. The summed E-state index contributed by atoms with van der Waals surface area (Å²) in [6, 6.07) is 8.28. The van der Waals surface area contributed by atoms with E-state index in [1.165, 1.54) is 38.2 Å². The largest absolute Gasteiger partial charge is 0.495 e. The van der Waals surface area contributed by atoms with Gasteiger partial charge < -0.3 is 24.8 Å². The van der Waals surface area contributed by atoms with E-state index < -0.39 is 0 Å². The number of methoxy groups -OCH3 is 1. The number of benzene rings is 1. The van der Waals surface area contributed by atoms with Crippen LogP contribution in [-0.4, -0.2) is 82.3 Å². The molecule has 2 heterocycles. The van der Waals surface area contributed by atoms with Gasteiger partial charge in [0.15, 0.2) is 5.96 Å². The molecular weight excluding hydrogens is 465 g/mol. The summed E-state index contributed by atoms with van der Waals surface area (Å²) < 4.78 is 5.52. The zero-order valence-electron chi connectivity index (χ0n) is 17.6. The maximum Gasteiger partial charge on any atom is 0.193 e. The van der Waals surface area contributed by atoms with Gasteiger partial charge in [0.05, 0.1) is 12.8 Å². The number of anilines is 1. The Balaban J connectivity index is 0.00000280. The van der Waals surface area contributed by atoms with E-state index in [1.807, 2.05) is 19.2 Å². The Bertz CT molecular complexity index is 619. The molecule has 2 aliphatic rings. The molecule has 0 spiro atoms. The van der Waals surface area contributed by atoms with Crippen LogP contribution >= 0.6 is 24.0 Å². The lowest BCUT2D eigenvalue weighted by molar-refractivity contribution is 0.322. The molecule has 0 amide bonds. The van der Waals surface area contributed by atoms with Gasteiger partial charge in [-0.05, 0) is 44.0 Å². The van der Waals surface area contributed by atoms with Crippen LogP contribution in [0.2, 0.25) is 0 Å². The number of guanidine groups is 1. The summed E-state index contributed by atoms with van der Waals surface area (Å²) in [5, 5.41) is 3.63. The predicted molar refractivity (Wildman–Crippen MR) is 128 cm³/mol. The molecule has 7 heteroatoms. The maximum atomic E-state index is 5.52. The lowest BCUT2D eigenvalue weighted by Gasteiger charge is -2.38. The van der Waals surface area contributed by atoms with Gasteiger partial charge in [0.2, 0.25) is 0 Å². The Morgan fingerprint density at radius 3 is 2.61 bits per heavy atom. The van der Waals surface area contributed by atoms with Crippen molar-refractivity contribution in [1.82, 2.24) is 15.1 Å². The van der Waals surface area contributed by atoms with Crippen molar-refractivity contribution in [2.45, 2.75) is 19.8 Å². The molecule has 6 nitrogen and oxygen atoms in total. The highest BCUT2D eigenvalue weighted by molar-refractivity contribution is 14.0. The molecule has 0 radical (unpaired) electrons. The number of hydrogen-bond acceptors (Lipinski definition) is 4. The van der Waals surface area contributed by atoms with Crippen molar-refractivity contribution in [3.63, 3.8) is 0 Å². The third kappa shape index (κ3) is 5.89. The first-order valence-electron chi connectivity index (χ1n) is 10.3. The van der Waals surface area contributed by atoms with Gasteiger partial charge in [-0.25, -0.2) is 0 Å². The van der Waals surface area contributed by atoms with Crippen molar-refractivity contribution in [2.75, 3.05) is 71.4 Å². The summed E-state index contributed by atoms with van der Waals surface area (Å²) in [6.07, 6.45) is 2.55. The van der Waals surface area contributed by atoms with Gasteiger partial charge in [0.25, 0.3) is 0 Å². The minimum absolute atomic E-state index is 0. The van der Waals surface area contributed by atoms with Crippen molar-refractivity contribution in [1.29, 1.82) is 0 Å². The predicted octanol–water partition coefficient (Wildman–Crippen LogP) is 2.74. The first-order valence-corrected chi connectivity index (χ1v) is 10.3. The van der Waals surface area contributed by atoms with E-state index in [-0.39, 0.29) is 24.0 Å². The summed E-state index contributed by atoms with van der Waals surface area (Å²) in [6.45, 7) is 10.9. The van der Waals surface area contributed by atoms with Gasteiger partial charge in [-0.2, -0.15) is 0 Å². The highest BCUT2D eigenvalue weighted by Gasteiger charge is 2.24. The second-order valence-corrected chi connectivity index (χ2v) is 7.53. The molecule has 1 N–H and O–H groups in total. The van der Waals surface area contributed by atoms with Gasteiger partial charge >= 0.3 is 0 Å². The topological polar surface area (TPSA) is 43.3 Å². The van der Waals surface area contributed by atoms with Crippen LogP contribution in [0.1, 0.15) is 19.8 Å². The Kier molecular flexibility index (Phi) is 9.64. The molecule has 1 aromatic carbocycles. The van der Waals surface area contributed by atoms with Crippen molar-refractivity contribution in [3.05, 3.63) is 24.3 Å². The Morgan fingerprint density at radius 1 is 1.18 bits per heavy atom. The number of halogens is 1. The first-order chi connectivity index (χ1) is 13.2. The van der Waals surface area contributed by atoms with Crippen molar-refractivity contribution in [2.24, 2.45) is 10.9 Å². The molecule has 0 aliphatic carbocycles. The highest BCUT2D eigenvalue weighted by atomic mass is 127. The fourth-order valence-electron chi connectivity index (χ4n) is 4.22. The summed E-state index contributed by atoms with van der Waals surface area (Å²) in [4.78, 5) is 11.9. The minimum Gasteiger partial charge on any atom is -0.495 e. The van der Waals surface area contributed by atoms with Crippen molar-refractivity contribution < 1.29 is 4.74 Å². The fourth-order valence-corrected chi connectivity index (χ4v) is 4.22. The van der Waals surface area contributed by atoms with E-state index in [2.05, 4.69) is 44.1 Å². The molecule has 2 aliphatic heterocycles. The first kappa shape index (κ1) is 23.1. The Morgan fingerprint density at radius 2 is 1.93 bits per heavy atom. The molecule has 28 heavy (non-hydrogen) atoms. The molecule has 2 saturated heterocycles. The molecule has 1 aromatic rings. The van der Waals surface area contributed by atoms with E-state index in [0.29, 0.717) is 0 Å². The molecule has 1 atom stereocenters. The van der Waals surface area contributed by atoms with Gasteiger partial charge in [-0.1, -0.05) is 19.1 Å². The van der Waals surface area contributed by atoms with Crippen molar-refractivity contribution in [3.8, 4) is 5.75 Å². The van der Waals surface area contributed by atoms with Gasteiger partial charge in [-0.15, -0.1) is 24.0 Å². The Hall–Kier alpha value is -1.22. The van der Waals surface area contributed by atoms with Crippen LogP contribution in [0, 0.1) is 5.92 Å². The van der Waals surface area contributed by atoms with Crippen LogP contribution in [0.5, 0.6) is 5.75 Å². The average Bonchev–Trinajstić information content (AvgIpc) is 3.16. The average molecular weight is 501 g/mol. The number of piperazine rings is 1. The third-order valence-electron chi connectivity index (χ3n) is 5.68. The number of rotatable bonds is 6. The number of nitrogens with zero attached hydrogens (tertiary/aromatic N) is 4. The lowest BCUT2D eigenvalue weighted by atomic mass is 10.1. The summed E-state index contributed by atoms with van der Waals surface area (Å²) >= 11 is 0. The second-order valence-electron chi connectivity index (χ2n) is 7.53. The van der Waals surface area contributed by atoms with E-state index in [0.717, 1.165) is 50.4 Å².